The summed E-state index contributed by atoms with van der Waals surface area (Å²) in [7, 11) is 0. The number of nitrogens with one attached hydrogen (secondary N) is 2. The van der Waals surface area contributed by atoms with Crippen LogP contribution in [-0.4, -0.2) is 48.0 Å². The molecule has 0 aliphatic carbocycles. The van der Waals surface area contributed by atoms with Crippen LogP contribution in [0.4, 0.5) is 10.5 Å². The largest absolute Gasteiger partial charge is 0.338 e. The zero-order valence-electron chi connectivity index (χ0n) is 20.7. The molecule has 7 nitrogen and oxygen atoms in total. The zero-order chi connectivity index (χ0) is 25.9. The van der Waals surface area contributed by atoms with Crippen molar-refractivity contribution < 1.29 is 4.79 Å². The first-order valence-electron chi connectivity index (χ1n) is 12.5. The summed E-state index contributed by atoms with van der Waals surface area (Å²) in [5.41, 5.74) is 3.03. The Balaban J connectivity index is 1.43. The molecule has 1 saturated heterocycles. The average Bonchev–Trinajstić information content (AvgIpc) is 2.94. The number of aliphatic imine (C=N–C) groups is 1. The van der Waals surface area contributed by atoms with Gasteiger partial charge in [-0.1, -0.05) is 72.3 Å². The first-order valence-corrected chi connectivity index (χ1v) is 12.9. The van der Waals surface area contributed by atoms with E-state index in [1.54, 1.807) is 24.3 Å². The van der Waals surface area contributed by atoms with Crippen molar-refractivity contribution in [3.05, 3.63) is 101 Å². The molecule has 1 unspecified atom stereocenters. The molecule has 0 spiro atoms. The maximum atomic E-state index is 13.3. The molecule has 37 heavy (non-hydrogen) atoms. The van der Waals surface area contributed by atoms with Gasteiger partial charge >= 0.3 is 6.03 Å². The fourth-order valence-electron chi connectivity index (χ4n) is 4.45. The van der Waals surface area contributed by atoms with Gasteiger partial charge in [-0.3, -0.25) is 10.3 Å². The van der Waals surface area contributed by atoms with Crippen LogP contribution in [0.25, 0.3) is 0 Å². The molecule has 1 atom stereocenters. The third kappa shape index (κ3) is 7.48. The summed E-state index contributed by atoms with van der Waals surface area (Å²) in [4.78, 5) is 21.9. The van der Waals surface area contributed by atoms with E-state index in [0.717, 1.165) is 24.8 Å². The number of nitriles is 1. The second-order valence-electron chi connectivity index (χ2n) is 8.89. The third-order valence-electron chi connectivity index (χ3n) is 6.37. The number of urea groups is 1. The molecule has 3 aromatic carbocycles. The van der Waals surface area contributed by atoms with Gasteiger partial charge < -0.3 is 15.1 Å². The molecule has 1 aliphatic heterocycles. The number of hydrogen-bond donors (Lipinski definition) is 2. The number of halogens is 1. The van der Waals surface area contributed by atoms with Crippen molar-refractivity contribution in [2.24, 2.45) is 4.99 Å². The Labute approximate surface area is 223 Å². The van der Waals surface area contributed by atoms with Crippen molar-refractivity contribution in [1.82, 2.24) is 15.1 Å². The average molecular weight is 515 g/mol. The Morgan fingerprint density at radius 1 is 0.973 bits per heavy atom. The Hall–Kier alpha value is -4.02. The van der Waals surface area contributed by atoms with Crippen LogP contribution < -0.4 is 10.6 Å². The number of hydrogen-bond acceptors (Lipinski definition) is 3. The molecule has 2 amide bonds. The van der Waals surface area contributed by atoms with Crippen LogP contribution >= 0.6 is 11.6 Å². The lowest BCUT2D eigenvalue weighted by atomic mass is 10.0. The van der Waals surface area contributed by atoms with Gasteiger partial charge in [0.1, 0.15) is 0 Å². The summed E-state index contributed by atoms with van der Waals surface area (Å²) in [5, 5.41) is 15.7. The minimum absolute atomic E-state index is 0.177. The Morgan fingerprint density at radius 2 is 1.68 bits per heavy atom. The number of aryl methyl sites for hydroxylation is 1. The van der Waals surface area contributed by atoms with Crippen LogP contribution in [-0.2, 0) is 6.42 Å². The SMILES string of the molecule is N#CNC(=NCCCCc1ccccc1)N1CCN(C(=O)Nc2ccc(Cl)cc2)C(c2ccccc2)C1. The summed E-state index contributed by atoms with van der Waals surface area (Å²) in [6.45, 7) is 2.20. The molecule has 1 aliphatic rings. The van der Waals surface area contributed by atoms with E-state index in [1.165, 1.54) is 5.56 Å². The highest BCUT2D eigenvalue weighted by atomic mass is 35.5. The van der Waals surface area contributed by atoms with Gasteiger partial charge in [0.05, 0.1) is 6.04 Å². The zero-order valence-corrected chi connectivity index (χ0v) is 21.4. The molecule has 190 valence electrons. The maximum Gasteiger partial charge on any atom is 0.322 e. The number of carbonyl (C=O) groups is 1. The molecule has 0 radical (unpaired) electrons. The number of carbonyl (C=O) groups excluding carboxylic acids is 1. The monoisotopic (exact) mass is 514 g/mol. The predicted molar refractivity (Wildman–Crippen MR) is 148 cm³/mol. The lowest BCUT2D eigenvalue weighted by molar-refractivity contribution is 0.135. The predicted octanol–water partition coefficient (Wildman–Crippen LogP) is 5.68. The van der Waals surface area contributed by atoms with E-state index in [9.17, 15) is 10.1 Å². The summed E-state index contributed by atoms with van der Waals surface area (Å²) in [6, 6.07) is 27.1. The van der Waals surface area contributed by atoms with E-state index in [4.69, 9.17) is 16.6 Å². The van der Waals surface area contributed by atoms with E-state index in [-0.39, 0.29) is 12.1 Å². The number of guanidine groups is 1. The molecule has 2 N–H and O–H groups in total. The number of anilines is 1. The van der Waals surface area contributed by atoms with Gasteiger partial charge in [-0.15, -0.1) is 0 Å². The summed E-state index contributed by atoms with van der Waals surface area (Å²) in [6.07, 6.45) is 4.99. The fourth-order valence-corrected chi connectivity index (χ4v) is 4.57. The van der Waals surface area contributed by atoms with Crippen molar-refractivity contribution in [1.29, 1.82) is 5.26 Å². The van der Waals surface area contributed by atoms with Gasteiger partial charge in [0.25, 0.3) is 0 Å². The Morgan fingerprint density at radius 3 is 2.38 bits per heavy atom. The van der Waals surface area contributed by atoms with Gasteiger partial charge in [-0.05, 0) is 54.7 Å². The van der Waals surface area contributed by atoms with E-state index in [0.29, 0.717) is 42.8 Å². The van der Waals surface area contributed by atoms with Crippen LogP contribution in [0, 0.1) is 11.5 Å². The lowest BCUT2D eigenvalue weighted by Gasteiger charge is -2.42. The van der Waals surface area contributed by atoms with Crippen LogP contribution in [0.1, 0.15) is 30.0 Å². The number of unbranched alkanes of at least 4 members (excludes halogenated alkanes) is 1. The van der Waals surface area contributed by atoms with Gasteiger partial charge in [0.15, 0.2) is 6.19 Å². The first-order chi connectivity index (χ1) is 18.1. The van der Waals surface area contributed by atoms with Gasteiger partial charge in [0.2, 0.25) is 5.96 Å². The van der Waals surface area contributed by atoms with Crippen molar-refractivity contribution in [3.8, 4) is 6.19 Å². The fraction of sp³-hybridized carbons (Fsp3) is 0.276. The third-order valence-corrected chi connectivity index (χ3v) is 6.62. The molecule has 8 heteroatoms. The van der Waals surface area contributed by atoms with E-state index >= 15 is 0 Å². The minimum Gasteiger partial charge on any atom is -0.338 e. The highest BCUT2D eigenvalue weighted by Gasteiger charge is 2.33. The molecule has 0 saturated carbocycles. The molecular formula is C29H31ClN6O. The number of benzene rings is 3. The van der Waals surface area contributed by atoms with Gasteiger partial charge in [-0.25, -0.2) is 4.79 Å². The summed E-state index contributed by atoms with van der Waals surface area (Å²) in [5.74, 6) is 0.556. The molecule has 0 bridgehead atoms. The van der Waals surface area contributed by atoms with Crippen molar-refractivity contribution in [2.75, 3.05) is 31.5 Å². The van der Waals surface area contributed by atoms with Crippen LogP contribution in [0.3, 0.4) is 0 Å². The lowest BCUT2D eigenvalue weighted by Crippen LogP contribution is -2.55. The highest BCUT2D eigenvalue weighted by Crippen LogP contribution is 2.27. The number of amides is 2. The van der Waals surface area contributed by atoms with Gasteiger partial charge in [-0.2, -0.15) is 5.26 Å². The number of nitrogens with zero attached hydrogens (tertiary/aromatic N) is 4. The molecular weight excluding hydrogens is 484 g/mol. The molecule has 3 aromatic rings. The normalized spacial score (nSPS) is 15.7. The second-order valence-corrected chi connectivity index (χ2v) is 9.32. The summed E-state index contributed by atoms with van der Waals surface area (Å²) >= 11 is 5.98. The van der Waals surface area contributed by atoms with Crippen molar-refractivity contribution >= 4 is 29.3 Å². The van der Waals surface area contributed by atoms with Crippen LogP contribution in [0.15, 0.2) is 89.9 Å². The number of piperazine rings is 1. The van der Waals surface area contributed by atoms with E-state index in [1.807, 2.05) is 47.5 Å². The smallest absolute Gasteiger partial charge is 0.322 e. The van der Waals surface area contributed by atoms with E-state index in [2.05, 4.69) is 39.8 Å². The Kier molecular flexibility index (Phi) is 9.39. The van der Waals surface area contributed by atoms with Crippen LogP contribution in [0.2, 0.25) is 5.02 Å². The standard InChI is InChI=1S/C29H31ClN6O/c30-25-14-16-26(17-15-25)34-29(37)36-20-19-35(21-27(36)24-12-5-2-6-13-24)28(33-22-31)32-18-8-7-11-23-9-3-1-4-10-23/h1-6,9-10,12-17,27H,7-8,11,18-21H2,(H,32,33)(H,34,37). The van der Waals surface area contributed by atoms with Gasteiger partial charge in [0, 0.05) is 36.9 Å². The topological polar surface area (TPSA) is 83.8 Å². The second kappa shape index (κ2) is 13.3. The molecule has 0 aromatic heterocycles. The van der Waals surface area contributed by atoms with Crippen LogP contribution in [0.5, 0.6) is 0 Å². The van der Waals surface area contributed by atoms with Crippen molar-refractivity contribution in [3.63, 3.8) is 0 Å². The van der Waals surface area contributed by atoms with Crippen molar-refractivity contribution in [2.45, 2.75) is 25.3 Å². The quantitative estimate of drug-likeness (QED) is 0.140. The highest BCUT2D eigenvalue weighted by molar-refractivity contribution is 6.30. The first kappa shape index (κ1) is 26.1. The maximum absolute atomic E-state index is 13.3. The number of rotatable bonds is 7. The Bertz CT molecular complexity index is 1210. The molecule has 1 fully saturated rings. The van der Waals surface area contributed by atoms with E-state index < -0.39 is 0 Å². The molecule has 4 rings (SSSR count). The molecule has 1 heterocycles. The minimum atomic E-state index is -0.203. The summed E-state index contributed by atoms with van der Waals surface area (Å²) < 4.78 is 0.